The summed E-state index contributed by atoms with van der Waals surface area (Å²) >= 11 is 5.00. The van der Waals surface area contributed by atoms with Crippen molar-refractivity contribution < 1.29 is 26.2 Å². The van der Waals surface area contributed by atoms with E-state index >= 15 is 0 Å². The van der Waals surface area contributed by atoms with E-state index in [1.807, 2.05) is 31.2 Å². The van der Waals surface area contributed by atoms with Gasteiger partial charge in [-0.25, -0.2) is 24.3 Å². The summed E-state index contributed by atoms with van der Waals surface area (Å²) < 4.78 is 0. The summed E-state index contributed by atoms with van der Waals surface area (Å²) in [5.41, 5.74) is 0. The Hall–Kier alpha value is 0.133. The van der Waals surface area contributed by atoms with Crippen LogP contribution in [0.1, 0.15) is 19.8 Å². The number of alkyl halides is 1. The van der Waals surface area contributed by atoms with Crippen LogP contribution >= 0.6 is 11.6 Å². The summed E-state index contributed by atoms with van der Waals surface area (Å²) in [6.45, 7) is 1.89. The molecule has 0 heterocycles. The second-order valence-corrected chi connectivity index (χ2v) is 2.81. The van der Waals surface area contributed by atoms with Crippen LogP contribution in [0.5, 0.6) is 0 Å². The zero-order chi connectivity index (χ0) is 9.78. The van der Waals surface area contributed by atoms with Crippen molar-refractivity contribution in [2.45, 2.75) is 19.8 Å². The van der Waals surface area contributed by atoms with E-state index in [0.29, 0.717) is 0 Å². The monoisotopic (exact) mass is 284 g/mol. The van der Waals surface area contributed by atoms with E-state index in [9.17, 15) is 0 Å². The molecule has 2 aliphatic rings. The Morgan fingerprint density at radius 3 is 1.50 bits per heavy atom. The van der Waals surface area contributed by atoms with Gasteiger partial charge in [0.1, 0.15) is 0 Å². The number of allylic oxidation sites excluding steroid dienone is 8. The Bertz CT molecular complexity index is 160. The molecule has 74 valence electrons. The normalized spacial score (nSPS) is 13.9. The van der Waals surface area contributed by atoms with Gasteiger partial charge in [-0.2, -0.15) is 12.2 Å². The number of hydrogen-bond acceptors (Lipinski definition) is 0. The van der Waals surface area contributed by atoms with Crippen LogP contribution < -0.4 is 0 Å². The van der Waals surface area contributed by atoms with E-state index < -0.39 is 0 Å². The Morgan fingerprint density at radius 1 is 1.07 bits per heavy atom. The summed E-state index contributed by atoms with van der Waals surface area (Å²) in [6, 6.07) is 0. The largest absolute Gasteiger partial charge is 2.00 e. The molecule has 0 saturated heterocycles. The summed E-state index contributed by atoms with van der Waals surface area (Å²) in [5, 5.41) is 0. The van der Waals surface area contributed by atoms with Crippen molar-refractivity contribution in [2.75, 3.05) is 5.88 Å². The van der Waals surface area contributed by atoms with E-state index in [2.05, 4.69) is 24.3 Å². The van der Waals surface area contributed by atoms with Gasteiger partial charge in [0.05, 0.1) is 0 Å². The fraction of sp³-hybridized carbons (Fsp3) is 0.333. The minimum absolute atomic E-state index is 0. The SMILES string of the molecule is CCCl.[C-]1=CC=CC1.[C-]1=CC=CC1.[Zr+2]. The van der Waals surface area contributed by atoms with Gasteiger partial charge in [0.25, 0.3) is 0 Å². The van der Waals surface area contributed by atoms with Crippen LogP contribution in [0.25, 0.3) is 0 Å². The molecule has 0 aliphatic heterocycles. The first-order chi connectivity index (χ1) is 6.41. The molecule has 0 aromatic heterocycles. The second kappa shape index (κ2) is 15.6. The van der Waals surface area contributed by atoms with E-state index in [4.69, 9.17) is 11.6 Å². The van der Waals surface area contributed by atoms with Crippen molar-refractivity contribution >= 4 is 11.6 Å². The molecule has 0 atom stereocenters. The molecular weight excluding hydrogens is 271 g/mol. The Balaban J connectivity index is 0. The molecule has 2 rings (SSSR count). The topological polar surface area (TPSA) is 0 Å². The quantitative estimate of drug-likeness (QED) is 0.468. The fourth-order valence-electron chi connectivity index (χ4n) is 0.680. The van der Waals surface area contributed by atoms with Crippen molar-refractivity contribution in [1.82, 2.24) is 0 Å². The molecule has 0 spiro atoms. The molecule has 0 saturated carbocycles. The molecule has 0 unspecified atom stereocenters. The molecular formula is C12H15ClZr. The zero-order valence-corrected chi connectivity index (χ0v) is 11.7. The zero-order valence-electron chi connectivity index (χ0n) is 8.46. The van der Waals surface area contributed by atoms with Gasteiger partial charge in [-0.3, -0.25) is 12.2 Å². The standard InChI is InChI=1S/2C5H5.C2H5Cl.Zr/c2*1-2-4-5-3-1;1-2-3;/h2*1-3H,4H2;2H2,1H3;/q2*-1;;+2. The van der Waals surface area contributed by atoms with Crippen molar-refractivity contribution in [2.24, 2.45) is 0 Å². The van der Waals surface area contributed by atoms with Crippen LogP contribution in [0.3, 0.4) is 0 Å². The molecule has 2 heteroatoms. The van der Waals surface area contributed by atoms with Gasteiger partial charge in [-0.1, -0.05) is 6.92 Å². The molecule has 0 nitrogen and oxygen atoms in total. The molecule has 0 fully saturated rings. The average Bonchev–Trinajstić information content (AvgIpc) is 2.85. The van der Waals surface area contributed by atoms with Crippen molar-refractivity contribution in [1.29, 1.82) is 0 Å². The second-order valence-electron chi connectivity index (χ2n) is 2.27. The molecule has 0 aromatic carbocycles. The predicted octanol–water partition coefficient (Wildman–Crippen LogP) is 3.85. The van der Waals surface area contributed by atoms with Crippen molar-refractivity contribution in [3.63, 3.8) is 0 Å². The van der Waals surface area contributed by atoms with Gasteiger partial charge in [-0.05, 0) is 0 Å². The van der Waals surface area contributed by atoms with Gasteiger partial charge < -0.3 is 0 Å². The van der Waals surface area contributed by atoms with Gasteiger partial charge in [0, 0.05) is 5.88 Å². The Labute approximate surface area is 112 Å². The van der Waals surface area contributed by atoms with Gasteiger partial charge in [-0.15, -0.1) is 24.4 Å². The maximum Gasteiger partial charge on any atom is 2.00 e. The number of halogens is 1. The van der Waals surface area contributed by atoms with Gasteiger partial charge in [0.15, 0.2) is 0 Å². The van der Waals surface area contributed by atoms with Crippen LogP contribution in [0.2, 0.25) is 0 Å². The Morgan fingerprint density at radius 2 is 1.43 bits per heavy atom. The van der Waals surface area contributed by atoms with Crippen molar-refractivity contribution in [3.05, 3.63) is 48.6 Å². The molecule has 0 aromatic rings. The third-order valence-electron chi connectivity index (χ3n) is 1.17. The summed E-state index contributed by atoms with van der Waals surface area (Å²) in [6.07, 6.45) is 20.0. The molecule has 0 N–H and O–H groups in total. The first-order valence-electron chi connectivity index (χ1n) is 4.41. The molecule has 2 aliphatic carbocycles. The third kappa shape index (κ3) is 14.6. The smallest absolute Gasteiger partial charge is 0.273 e. The first kappa shape index (κ1) is 16.6. The van der Waals surface area contributed by atoms with E-state index in [1.54, 1.807) is 0 Å². The minimum atomic E-state index is 0. The Kier molecular flexibility index (Phi) is 18.4. The molecule has 14 heavy (non-hydrogen) atoms. The summed E-state index contributed by atoms with van der Waals surface area (Å²) in [4.78, 5) is 0. The number of hydrogen-bond donors (Lipinski definition) is 0. The molecule has 0 amide bonds. The minimum Gasteiger partial charge on any atom is -0.273 e. The molecule has 0 radical (unpaired) electrons. The predicted molar refractivity (Wildman–Crippen MR) is 59.5 cm³/mol. The fourth-order valence-corrected chi connectivity index (χ4v) is 0.680. The first-order valence-corrected chi connectivity index (χ1v) is 4.94. The van der Waals surface area contributed by atoms with Crippen LogP contribution in [0.15, 0.2) is 36.5 Å². The van der Waals surface area contributed by atoms with E-state index in [1.165, 1.54) is 0 Å². The molecule has 0 bridgehead atoms. The van der Waals surface area contributed by atoms with Crippen molar-refractivity contribution in [3.8, 4) is 0 Å². The maximum absolute atomic E-state index is 5.00. The third-order valence-corrected chi connectivity index (χ3v) is 1.17. The van der Waals surface area contributed by atoms with Gasteiger partial charge >= 0.3 is 26.2 Å². The number of rotatable bonds is 0. The van der Waals surface area contributed by atoms with Crippen LogP contribution in [0.4, 0.5) is 0 Å². The van der Waals surface area contributed by atoms with E-state index in [-0.39, 0.29) is 26.2 Å². The maximum atomic E-state index is 5.00. The van der Waals surface area contributed by atoms with Gasteiger partial charge in [0.2, 0.25) is 0 Å². The van der Waals surface area contributed by atoms with Crippen LogP contribution in [-0.2, 0) is 26.2 Å². The van der Waals surface area contributed by atoms with E-state index in [0.717, 1.165) is 18.7 Å². The van der Waals surface area contributed by atoms with Crippen LogP contribution in [0, 0.1) is 12.2 Å². The average molecular weight is 286 g/mol. The summed E-state index contributed by atoms with van der Waals surface area (Å²) in [5.74, 6) is 0.722. The van der Waals surface area contributed by atoms with Crippen LogP contribution in [-0.4, -0.2) is 5.88 Å². The summed E-state index contributed by atoms with van der Waals surface area (Å²) in [7, 11) is 0.